The fourth-order valence-electron chi connectivity index (χ4n) is 3.87. The summed E-state index contributed by atoms with van der Waals surface area (Å²) in [5.41, 5.74) is 5.95. The first-order valence-corrected chi connectivity index (χ1v) is 9.93. The highest BCUT2D eigenvalue weighted by Crippen LogP contribution is 2.20. The molecule has 1 aliphatic rings. The zero-order chi connectivity index (χ0) is 20.4. The summed E-state index contributed by atoms with van der Waals surface area (Å²) in [6, 6.07) is 10.00. The van der Waals surface area contributed by atoms with Crippen LogP contribution in [-0.2, 0) is 13.0 Å². The van der Waals surface area contributed by atoms with Crippen molar-refractivity contribution < 1.29 is 0 Å². The second-order valence-electron chi connectivity index (χ2n) is 7.45. The topological polar surface area (TPSA) is 88.9 Å². The molecule has 0 amide bonds. The maximum Gasteiger partial charge on any atom is 0.270 e. The summed E-state index contributed by atoms with van der Waals surface area (Å²) in [6.07, 6.45) is 2.40. The van der Waals surface area contributed by atoms with Crippen LogP contribution in [-0.4, -0.2) is 46.0 Å². The smallest absolute Gasteiger partial charge is 0.270 e. The van der Waals surface area contributed by atoms with Crippen molar-refractivity contribution in [2.75, 3.05) is 31.1 Å². The van der Waals surface area contributed by atoms with Crippen LogP contribution < -0.4 is 10.5 Å². The summed E-state index contributed by atoms with van der Waals surface area (Å²) >= 11 is 0. The van der Waals surface area contributed by atoms with Crippen LogP contribution >= 0.6 is 0 Å². The minimum atomic E-state index is -0.0961. The Kier molecular flexibility index (Phi) is 5.28. The van der Waals surface area contributed by atoms with Crippen molar-refractivity contribution in [3.63, 3.8) is 0 Å². The molecule has 1 aromatic carbocycles. The number of aromatic nitrogens is 3. The van der Waals surface area contributed by atoms with E-state index in [2.05, 4.69) is 36.9 Å². The number of H-pyrrole nitrogens is 1. The average molecular weight is 388 g/mol. The molecule has 1 N–H and O–H groups in total. The van der Waals surface area contributed by atoms with Crippen LogP contribution in [0.15, 0.2) is 35.3 Å². The average Bonchev–Trinajstić information content (AvgIpc) is 2.74. The monoisotopic (exact) mass is 388 g/mol. The van der Waals surface area contributed by atoms with Gasteiger partial charge in [-0.05, 0) is 42.7 Å². The molecule has 1 aliphatic heterocycles. The fourth-order valence-corrected chi connectivity index (χ4v) is 3.87. The van der Waals surface area contributed by atoms with Crippen molar-refractivity contribution in [2.45, 2.75) is 26.8 Å². The lowest BCUT2D eigenvalue weighted by Crippen LogP contribution is -2.46. The van der Waals surface area contributed by atoms with Gasteiger partial charge < -0.3 is 9.88 Å². The third kappa shape index (κ3) is 3.98. The Morgan fingerprint density at radius 3 is 2.66 bits per heavy atom. The molecule has 1 saturated heterocycles. The van der Waals surface area contributed by atoms with Crippen molar-refractivity contribution in [2.24, 2.45) is 0 Å². The normalized spacial score (nSPS) is 14.9. The molecule has 4 rings (SSSR count). The summed E-state index contributed by atoms with van der Waals surface area (Å²) in [5, 5.41) is 8.88. The zero-order valence-electron chi connectivity index (χ0n) is 16.8. The van der Waals surface area contributed by atoms with E-state index < -0.39 is 0 Å². The van der Waals surface area contributed by atoms with E-state index in [1.165, 1.54) is 5.56 Å². The molecular weight excluding hydrogens is 364 g/mol. The van der Waals surface area contributed by atoms with Gasteiger partial charge >= 0.3 is 0 Å². The van der Waals surface area contributed by atoms with Gasteiger partial charge in [-0.2, -0.15) is 5.26 Å². The lowest BCUT2D eigenvalue weighted by atomic mass is 10.1. The molecule has 3 aromatic rings. The van der Waals surface area contributed by atoms with Crippen molar-refractivity contribution in [1.29, 1.82) is 5.26 Å². The van der Waals surface area contributed by atoms with Gasteiger partial charge in [0.2, 0.25) is 0 Å². The second kappa shape index (κ2) is 8.02. The van der Waals surface area contributed by atoms with Crippen molar-refractivity contribution in [1.82, 2.24) is 19.9 Å². The van der Waals surface area contributed by atoms with E-state index in [1.807, 2.05) is 26.0 Å². The third-order valence-electron chi connectivity index (χ3n) is 5.46. The molecule has 0 aliphatic carbocycles. The Bertz CT molecular complexity index is 1120. The number of piperazine rings is 1. The number of aryl methyl sites for hydroxylation is 2. The van der Waals surface area contributed by atoms with Gasteiger partial charge in [-0.25, -0.2) is 9.97 Å². The largest absolute Gasteiger partial charge is 0.368 e. The highest BCUT2D eigenvalue weighted by molar-refractivity contribution is 5.78. The lowest BCUT2D eigenvalue weighted by molar-refractivity contribution is 0.250. The fraction of sp³-hybridized carbons (Fsp3) is 0.364. The van der Waals surface area contributed by atoms with Gasteiger partial charge in [-0.15, -0.1) is 0 Å². The molecule has 29 heavy (non-hydrogen) atoms. The molecule has 0 radical (unpaired) electrons. The molecule has 0 atom stereocenters. The van der Waals surface area contributed by atoms with Gasteiger partial charge in [0.25, 0.3) is 5.56 Å². The molecule has 0 saturated carbocycles. The Balaban J connectivity index is 1.45. The molecule has 3 heterocycles. The molecule has 0 bridgehead atoms. The number of nitrogens with zero attached hydrogens (tertiary/aromatic N) is 5. The number of benzene rings is 1. The molecule has 1 fully saturated rings. The predicted molar refractivity (Wildman–Crippen MR) is 113 cm³/mol. The summed E-state index contributed by atoms with van der Waals surface area (Å²) in [5.74, 6) is 0. The highest BCUT2D eigenvalue weighted by atomic mass is 16.1. The van der Waals surface area contributed by atoms with E-state index in [-0.39, 0.29) is 5.56 Å². The summed E-state index contributed by atoms with van der Waals surface area (Å²) in [7, 11) is 0. The Hall–Kier alpha value is -3.24. The Labute approximate surface area is 169 Å². The van der Waals surface area contributed by atoms with Crippen molar-refractivity contribution >= 4 is 16.7 Å². The summed E-state index contributed by atoms with van der Waals surface area (Å²) in [4.78, 5) is 28.5. The standard InChI is InChI=1S/C22H24N6O/c1-3-19-22(29)26-20-11-16(10-15(2)21(20)25-19)14-27-6-8-28(9-7-27)18-5-4-17(12-23)24-13-18/h4-5,10-11,13H,3,6-9,14H2,1-2H3,(H,26,29). The number of rotatable bonds is 4. The summed E-state index contributed by atoms with van der Waals surface area (Å²) < 4.78 is 0. The van der Waals surface area contributed by atoms with Gasteiger partial charge in [0, 0.05) is 32.7 Å². The third-order valence-corrected chi connectivity index (χ3v) is 5.46. The van der Waals surface area contributed by atoms with E-state index in [9.17, 15) is 4.79 Å². The van der Waals surface area contributed by atoms with Crippen LogP contribution in [0.3, 0.4) is 0 Å². The number of hydrogen-bond acceptors (Lipinski definition) is 6. The van der Waals surface area contributed by atoms with Crippen molar-refractivity contribution in [3.8, 4) is 6.07 Å². The number of aromatic amines is 1. The van der Waals surface area contributed by atoms with E-state index >= 15 is 0 Å². The second-order valence-corrected chi connectivity index (χ2v) is 7.45. The number of nitrogens with one attached hydrogen (secondary N) is 1. The summed E-state index contributed by atoms with van der Waals surface area (Å²) in [6.45, 7) is 8.55. The van der Waals surface area contributed by atoms with Gasteiger partial charge in [0.15, 0.2) is 0 Å². The lowest BCUT2D eigenvalue weighted by Gasteiger charge is -2.36. The first-order valence-electron chi connectivity index (χ1n) is 9.93. The first-order chi connectivity index (χ1) is 14.1. The van der Waals surface area contributed by atoms with Crippen LogP contribution in [0.25, 0.3) is 11.0 Å². The molecule has 7 heteroatoms. The number of hydrogen-bond donors (Lipinski definition) is 1. The highest BCUT2D eigenvalue weighted by Gasteiger charge is 2.18. The van der Waals surface area contributed by atoms with Crippen LogP contribution in [0.2, 0.25) is 0 Å². The van der Waals surface area contributed by atoms with Crippen LogP contribution in [0.4, 0.5) is 5.69 Å². The number of anilines is 1. The Morgan fingerprint density at radius 1 is 1.21 bits per heavy atom. The zero-order valence-corrected chi connectivity index (χ0v) is 16.8. The molecular formula is C22H24N6O. The van der Waals surface area contributed by atoms with Crippen LogP contribution in [0, 0.1) is 18.3 Å². The number of nitriles is 1. The molecule has 2 aromatic heterocycles. The van der Waals surface area contributed by atoms with Gasteiger partial charge in [-0.1, -0.05) is 13.0 Å². The quantitative estimate of drug-likeness (QED) is 0.738. The van der Waals surface area contributed by atoms with E-state index in [0.717, 1.165) is 55.0 Å². The van der Waals surface area contributed by atoms with E-state index in [1.54, 1.807) is 12.3 Å². The van der Waals surface area contributed by atoms with Crippen LogP contribution in [0.5, 0.6) is 0 Å². The molecule has 0 unspecified atom stereocenters. The van der Waals surface area contributed by atoms with E-state index in [4.69, 9.17) is 5.26 Å². The molecule has 148 valence electrons. The molecule has 7 nitrogen and oxygen atoms in total. The minimum absolute atomic E-state index is 0.0961. The predicted octanol–water partition coefficient (Wildman–Crippen LogP) is 2.38. The number of pyridine rings is 1. The Morgan fingerprint density at radius 2 is 2.00 bits per heavy atom. The van der Waals surface area contributed by atoms with Gasteiger partial charge in [0.1, 0.15) is 17.5 Å². The van der Waals surface area contributed by atoms with Crippen molar-refractivity contribution in [3.05, 3.63) is 63.3 Å². The van der Waals surface area contributed by atoms with Gasteiger partial charge in [0.05, 0.1) is 22.9 Å². The SMILES string of the molecule is CCc1nc2c(C)cc(CN3CCN(c4ccc(C#N)nc4)CC3)cc2[nH]c1=O. The van der Waals surface area contributed by atoms with E-state index in [0.29, 0.717) is 17.8 Å². The van der Waals surface area contributed by atoms with Gasteiger partial charge in [-0.3, -0.25) is 9.69 Å². The maximum absolute atomic E-state index is 12.1. The maximum atomic E-state index is 12.1. The number of fused-ring (bicyclic) bond motifs is 1. The first kappa shape index (κ1) is 19.1. The minimum Gasteiger partial charge on any atom is -0.368 e. The molecule has 0 spiro atoms. The van der Waals surface area contributed by atoms with Crippen LogP contribution in [0.1, 0.15) is 29.4 Å².